The van der Waals surface area contributed by atoms with Crippen molar-refractivity contribution in [3.63, 3.8) is 0 Å². The van der Waals surface area contributed by atoms with Crippen LogP contribution >= 0.6 is 0 Å². The van der Waals surface area contributed by atoms with E-state index in [9.17, 15) is 5.11 Å². The van der Waals surface area contributed by atoms with Crippen molar-refractivity contribution in [2.45, 2.75) is 26.2 Å². The van der Waals surface area contributed by atoms with E-state index < -0.39 is 0 Å². The van der Waals surface area contributed by atoms with Gasteiger partial charge in [-0.2, -0.15) is 0 Å². The molecule has 0 saturated heterocycles. The minimum Gasteiger partial charge on any atom is -0.508 e. The minimum atomic E-state index is 0.392. The van der Waals surface area contributed by atoms with Gasteiger partial charge < -0.3 is 5.11 Å². The molecule has 1 aromatic rings. The van der Waals surface area contributed by atoms with E-state index in [1.54, 1.807) is 6.07 Å². The summed E-state index contributed by atoms with van der Waals surface area (Å²) in [7, 11) is 0. The molecule has 0 radical (unpaired) electrons. The number of para-hydroxylation sites is 1. The zero-order valence-electron chi connectivity index (χ0n) is 8.03. The molecule has 0 fully saturated rings. The number of hydrogen-bond acceptors (Lipinski definition) is 1. The Balaban J connectivity index is 2.49. The highest BCUT2D eigenvalue weighted by molar-refractivity contribution is 5.33. The molecule has 0 bridgehead atoms. The number of unbranched alkanes of at least 4 members (excludes halogenated alkanes) is 1. The molecule has 0 amide bonds. The van der Waals surface area contributed by atoms with E-state index in [2.05, 4.69) is 19.1 Å². The number of aromatic hydroxyl groups is 1. The zero-order chi connectivity index (χ0) is 9.52. The molecule has 0 atom stereocenters. The van der Waals surface area contributed by atoms with Crippen LogP contribution in [0, 0.1) is 0 Å². The van der Waals surface area contributed by atoms with Gasteiger partial charge in [0.05, 0.1) is 0 Å². The van der Waals surface area contributed by atoms with E-state index in [4.69, 9.17) is 0 Å². The molecule has 0 aromatic heterocycles. The molecular formula is C12H16O. The number of allylic oxidation sites excluding steroid dienone is 2. The predicted octanol–water partition coefficient (Wildman–Crippen LogP) is 3.29. The molecule has 0 aliphatic carbocycles. The Morgan fingerprint density at radius 3 is 2.69 bits per heavy atom. The average Bonchev–Trinajstić information content (AvgIpc) is 2.15. The molecule has 0 unspecified atom stereocenters. The highest BCUT2D eigenvalue weighted by Gasteiger charge is 1.94. The van der Waals surface area contributed by atoms with Crippen molar-refractivity contribution in [3.8, 4) is 5.75 Å². The van der Waals surface area contributed by atoms with Crippen molar-refractivity contribution >= 4 is 0 Å². The van der Waals surface area contributed by atoms with Gasteiger partial charge in [-0.1, -0.05) is 43.7 Å². The third kappa shape index (κ3) is 3.32. The molecule has 0 heterocycles. The first-order valence-electron chi connectivity index (χ1n) is 4.76. The maximum absolute atomic E-state index is 9.43. The molecule has 1 heteroatoms. The van der Waals surface area contributed by atoms with E-state index in [1.807, 2.05) is 18.2 Å². The third-order valence-electron chi connectivity index (χ3n) is 1.95. The summed E-state index contributed by atoms with van der Waals surface area (Å²) < 4.78 is 0. The normalized spacial score (nSPS) is 10.8. The van der Waals surface area contributed by atoms with Gasteiger partial charge in [0.2, 0.25) is 0 Å². The fraction of sp³-hybridized carbons (Fsp3) is 0.333. The quantitative estimate of drug-likeness (QED) is 0.698. The largest absolute Gasteiger partial charge is 0.508 e. The van der Waals surface area contributed by atoms with Crippen LogP contribution in [0.5, 0.6) is 5.75 Å². The van der Waals surface area contributed by atoms with Crippen molar-refractivity contribution in [1.82, 2.24) is 0 Å². The Labute approximate surface area is 79.7 Å². The first-order chi connectivity index (χ1) is 6.34. The molecule has 70 valence electrons. The summed E-state index contributed by atoms with van der Waals surface area (Å²) in [6.45, 7) is 2.16. The minimum absolute atomic E-state index is 0.392. The summed E-state index contributed by atoms with van der Waals surface area (Å²) in [5.74, 6) is 0.392. The van der Waals surface area contributed by atoms with Crippen LogP contribution < -0.4 is 0 Å². The van der Waals surface area contributed by atoms with Crippen LogP contribution in [0.1, 0.15) is 25.3 Å². The lowest BCUT2D eigenvalue weighted by Gasteiger charge is -1.99. The van der Waals surface area contributed by atoms with Gasteiger partial charge in [-0.25, -0.2) is 0 Å². The van der Waals surface area contributed by atoms with Crippen LogP contribution in [-0.4, -0.2) is 5.11 Å². The Morgan fingerprint density at radius 1 is 1.23 bits per heavy atom. The number of hydrogen-bond donors (Lipinski definition) is 1. The highest BCUT2D eigenvalue weighted by Crippen LogP contribution is 2.16. The van der Waals surface area contributed by atoms with E-state index in [0.29, 0.717) is 5.75 Å². The second-order valence-electron chi connectivity index (χ2n) is 3.09. The summed E-state index contributed by atoms with van der Waals surface area (Å²) in [4.78, 5) is 0. The van der Waals surface area contributed by atoms with Crippen LogP contribution in [-0.2, 0) is 6.42 Å². The zero-order valence-corrected chi connectivity index (χ0v) is 8.03. The maximum atomic E-state index is 9.43. The molecule has 1 aromatic carbocycles. The summed E-state index contributed by atoms with van der Waals surface area (Å²) >= 11 is 0. The smallest absolute Gasteiger partial charge is 0.119 e. The molecule has 1 rings (SSSR count). The van der Waals surface area contributed by atoms with Gasteiger partial charge in [-0.15, -0.1) is 0 Å². The lowest BCUT2D eigenvalue weighted by Crippen LogP contribution is -1.80. The van der Waals surface area contributed by atoms with Crippen LogP contribution in [0.3, 0.4) is 0 Å². The Morgan fingerprint density at radius 2 is 2.00 bits per heavy atom. The molecule has 1 N–H and O–H groups in total. The summed E-state index contributed by atoms with van der Waals surface area (Å²) in [6, 6.07) is 7.46. The number of rotatable bonds is 4. The lowest BCUT2D eigenvalue weighted by molar-refractivity contribution is 0.469. The molecule has 0 saturated carbocycles. The van der Waals surface area contributed by atoms with E-state index in [1.165, 1.54) is 6.42 Å². The van der Waals surface area contributed by atoms with Crippen LogP contribution in [0.2, 0.25) is 0 Å². The van der Waals surface area contributed by atoms with Crippen molar-refractivity contribution < 1.29 is 5.11 Å². The monoisotopic (exact) mass is 176 g/mol. The molecule has 0 spiro atoms. The Kier molecular flexibility index (Phi) is 4.10. The van der Waals surface area contributed by atoms with Gasteiger partial charge in [0, 0.05) is 0 Å². The molecule has 1 nitrogen and oxygen atoms in total. The van der Waals surface area contributed by atoms with Crippen LogP contribution in [0.4, 0.5) is 0 Å². The number of benzene rings is 1. The first kappa shape index (κ1) is 9.85. The fourth-order valence-electron chi connectivity index (χ4n) is 1.18. The second kappa shape index (κ2) is 5.41. The summed E-state index contributed by atoms with van der Waals surface area (Å²) in [5.41, 5.74) is 0.995. The van der Waals surface area contributed by atoms with Gasteiger partial charge in [0.1, 0.15) is 5.75 Å². The topological polar surface area (TPSA) is 20.2 Å². The molecule has 0 aliphatic heterocycles. The van der Waals surface area contributed by atoms with Gasteiger partial charge in [0.15, 0.2) is 0 Å². The van der Waals surface area contributed by atoms with Crippen molar-refractivity contribution in [3.05, 3.63) is 42.0 Å². The lowest BCUT2D eigenvalue weighted by atomic mass is 10.1. The van der Waals surface area contributed by atoms with Gasteiger partial charge in [0.25, 0.3) is 0 Å². The van der Waals surface area contributed by atoms with Crippen LogP contribution in [0.25, 0.3) is 0 Å². The van der Waals surface area contributed by atoms with Crippen molar-refractivity contribution in [2.24, 2.45) is 0 Å². The number of phenolic OH excluding ortho intramolecular Hbond substituents is 1. The van der Waals surface area contributed by atoms with Gasteiger partial charge in [-0.3, -0.25) is 0 Å². The highest BCUT2D eigenvalue weighted by atomic mass is 16.3. The standard InChI is InChI=1S/C12H16O/c1-2-3-4-5-8-11-9-6-7-10-12(11)13/h4-7,9-10,13H,2-3,8H2,1H3. The fourth-order valence-corrected chi connectivity index (χ4v) is 1.18. The van der Waals surface area contributed by atoms with E-state index in [0.717, 1.165) is 18.4 Å². The third-order valence-corrected chi connectivity index (χ3v) is 1.95. The first-order valence-corrected chi connectivity index (χ1v) is 4.76. The van der Waals surface area contributed by atoms with Crippen molar-refractivity contribution in [2.75, 3.05) is 0 Å². The second-order valence-corrected chi connectivity index (χ2v) is 3.09. The number of phenols is 1. The summed E-state index contributed by atoms with van der Waals surface area (Å²) in [6.07, 6.45) is 7.39. The van der Waals surface area contributed by atoms with E-state index >= 15 is 0 Å². The Hall–Kier alpha value is -1.24. The SMILES string of the molecule is CCCC=CCc1ccccc1O. The van der Waals surface area contributed by atoms with Crippen molar-refractivity contribution in [1.29, 1.82) is 0 Å². The predicted molar refractivity (Wildman–Crippen MR) is 55.9 cm³/mol. The van der Waals surface area contributed by atoms with Crippen LogP contribution in [0.15, 0.2) is 36.4 Å². The van der Waals surface area contributed by atoms with E-state index in [-0.39, 0.29) is 0 Å². The molecular weight excluding hydrogens is 160 g/mol. The van der Waals surface area contributed by atoms with Gasteiger partial charge in [-0.05, 0) is 24.5 Å². The summed E-state index contributed by atoms with van der Waals surface area (Å²) in [5, 5.41) is 9.43. The molecule has 0 aliphatic rings. The molecule has 13 heavy (non-hydrogen) atoms. The maximum Gasteiger partial charge on any atom is 0.119 e. The van der Waals surface area contributed by atoms with Gasteiger partial charge >= 0.3 is 0 Å². The average molecular weight is 176 g/mol. The Bertz CT molecular complexity index is 276.